The van der Waals surface area contributed by atoms with Gasteiger partial charge >= 0.3 is 6.18 Å². The number of hydrogen-bond acceptors (Lipinski definition) is 4. The van der Waals surface area contributed by atoms with Gasteiger partial charge in [0.25, 0.3) is 0 Å². The van der Waals surface area contributed by atoms with Crippen LogP contribution < -0.4 is 0 Å². The molecule has 2 fully saturated rings. The molecule has 0 spiro atoms. The lowest BCUT2D eigenvalue weighted by atomic mass is 9.79. The van der Waals surface area contributed by atoms with Gasteiger partial charge in [0.15, 0.2) is 0 Å². The third kappa shape index (κ3) is 3.15. The van der Waals surface area contributed by atoms with Crippen molar-refractivity contribution in [1.29, 1.82) is 0 Å². The van der Waals surface area contributed by atoms with Crippen molar-refractivity contribution in [2.45, 2.75) is 61.2 Å². The number of aromatic nitrogens is 1. The molecular weight excluding hydrogens is 417 g/mol. The Morgan fingerprint density at radius 1 is 1.00 bits per heavy atom. The standard InChI is InChI=1S/C21H19F3N2O3S/c22-21(23,24)20-7-6-15(11-25-20)30(28,29)26-13-8-14(27)10-19(26)17-3-1-2-16(12-4-5-12)18(17)9-13/h1-3,6-7,11-13,19H,4-5,8-10H2. The van der Waals surface area contributed by atoms with Gasteiger partial charge in [-0.25, -0.2) is 8.42 Å². The molecule has 0 N–H and O–H groups in total. The molecule has 0 amide bonds. The van der Waals surface area contributed by atoms with Crippen LogP contribution in [0.3, 0.4) is 0 Å². The molecule has 1 aromatic heterocycles. The summed E-state index contributed by atoms with van der Waals surface area (Å²) in [7, 11) is -4.12. The molecule has 2 aliphatic heterocycles. The van der Waals surface area contributed by atoms with Crippen LogP contribution in [0.25, 0.3) is 0 Å². The lowest BCUT2D eigenvalue weighted by Crippen LogP contribution is -2.52. The molecule has 5 nitrogen and oxygen atoms in total. The number of carbonyl (C=O) groups excluding carboxylic acids is 1. The normalized spacial score (nSPS) is 24.6. The van der Waals surface area contributed by atoms with Crippen LogP contribution in [0.5, 0.6) is 0 Å². The topological polar surface area (TPSA) is 67.3 Å². The largest absolute Gasteiger partial charge is 0.433 e. The Bertz CT molecular complexity index is 1130. The van der Waals surface area contributed by atoms with E-state index in [0.717, 1.165) is 36.2 Å². The van der Waals surface area contributed by atoms with Crippen molar-refractivity contribution in [3.63, 3.8) is 0 Å². The number of rotatable bonds is 3. The second-order valence-corrected chi connectivity index (χ2v) is 10.1. The van der Waals surface area contributed by atoms with Crippen LogP contribution in [-0.2, 0) is 27.4 Å². The first-order valence-corrected chi connectivity index (χ1v) is 11.3. The van der Waals surface area contributed by atoms with Crippen LogP contribution in [0, 0.1) is 0 Å². The number of nitrogens with zero attached hydrogens (tertiary/aromatic N) is 2. The third-order valence-corrected chi connectivity index (χ3v) is 8.16. The van der Waals surface area contributed by atoms with E-state index in [2.05, 4.69) is 11.1 Å². The van der Waals surface area contributed by atoms with Gasteiger partial charge in [0.05, 0.1) is 6.04 Å². The summed E-state index contributed by atoms with van der Waals surface area (Å²) in [6.45, 7) is 0. The van der Waals surface area contributed by atoms with Gasteiger partial charge in [-0.05, 0) is 54.0 Å². The molecule has 1 aromatic carbocycles. The first-order valence-electron chi connectivity index (χ1n) is 9.86. The minimum Gasteiger partial charge on any atom is -0.300 e. The molecule has 30 heavy (non-hydrogen) atoms. The van der Waals surface area contributed by atoms with Gasteiger partial charge in [0.2, 0.25) is 10.0 Å². The molecule has 1 saturated heterocycles. The number of halogens is 3. The van der Waals surface area contributed by atoms with E-state index in [9.17, 15) is 26.4 Å². The van der Waals surface area contributed by atoms with Gasteiger partial charge in [-0.3, -0.25) is 9.78 Å². The Hall–Kier alpha value is -2.26. The number of fused-ring (bicyclic) bond motifs is 4. The smallest absolute Gasteiger partial charge is 0.300 e. The molecule has 1 aliphatic carbocycles. The molecule has 3 aliphatic rings. The van der Waals surface area contributed by atoms with Gasteiger partial charge in [-0.15, -0.1) is 0 Å². The maximum atomic E-state index is 13.4. The highest BCUT2D eigenvalue weighted by Crippen LogP contribution is 2.49. The minimum absolute atomic E-state index is 0.00414. The maximum absolute atomic E-state index is 13.4. The quantitative estimate of drug-likeness (QED) is 0.730. The fraction of sp³-hybridized carbons (Fsp3) is 0.429. The summed E-state index contributed by atoms with van der Waals surface area (Å²) >= 11 is 0. The van der Waals surface area contributed by atoms with E-state index in [1.54, 1.807) is 0 Å². The summed E-state index contributed by atoms with van der Waals surface area (Å²) in [5.41, 5.74) is 2.08. The maximum Gasteiger partial charge on any atom is 0.433 e. The van der Waals surface area contributed by atoms with Crippen molar-refractivity contribution >= 4 is 15.8 Å². The van der Waals surface area contributed by atoms with Gasteiger partial charge in [-0.2, -0.15) is 17.5 Å². The van der Waals surface area contributed by atoms with Crippen molar-refractivity contribution in [3.8, 4) is 0 Å². The molecular formula is C21H19F3N2O3S. The summed E-state index contributed by atoms with van der Waals surface area (Å²) in [5.74, 6) is 0.503. The van der Waals surface area contributed by atoms with Crippen molar-refractivity contribution in [1.82, 2.24) is 9.29 Å². The van der Waals surface area contributed by atoms with Crippen molar-refractivity contribution in [2.24, 2.45) is 0 Å². The van der Waals surface area contributed by atoms with Gasteiger partial charge < -0.3 is 0 Å². The van der Waals surface area contributed by atoms with Gasteiger partial charge in [0, 0.05) is 25.1 Å². The number of Topliss-reactive ketones (excluding diaryl/α,β-unsaturated/α-hetero) is 1. The Morgan fingerprint density at radius 2 is 1.73 bits per heavy atom. The van der Waals surface area contributed by atoms with Crippen LogP contribution in [0.15, 0.2) is 41.4 Å². The zero-order chi connectivity index (χ0) is 21.3. The summed E-state index contributed by atoms with van der Waals surface area (Å²) in [6, 6.07) is 6.31. The molecule has 9 heteroatoms. The molecule has 2 aromatic rings. The van der Waals surface area contributed by atoms with Crippen molar-refractivity contribution in [2.75, 3.05) is 0 Å². The predicted octanol–water partition coefficient (Wildman–Crippen LogP) is 4.00. The second-order valence-electron chi connectivity index (χ2n) is 8.22. The summed E-state index contributed by atoms with van der Waals surface area (Å²) < 4.78 is 66.6. The monoisotopic (exact) mass is 436 g/mol. The van der Waals surface area contributed by atoms with Gasteiger partial charge in [-0.1, -0.05) is 18.2 Å². The average molecular weight is 436 g/mol. The van der Waals surface area contributed by atoms with E-state index in [0.29, 0.717) is 18.4 Å². The van der Waals surface area contributed by atoms with Crippen LogP contribution in [0.2, 0.25) is 0 Å². The van der Waals surface area contributed by atoms with E-state index >= 15 is 0 Å². The highest BCUT2D eigenvalue weighted by atomic mass is 32.2. The Balaban J connectivity index is 1.57. The second kappa shape index (κ2) is 6.62. The zero-order valence-corrected chi connectivity index (χ0v) is 16.7. The van der Waals surface area contributed by atoms with Crippen LogP contribution in [0.1, 0.15) is 60.0 Å². The highest BCUT2D eigenvalue weighted by Gasteiger charge is 2.48. The van der Waals surface area contributed by atoms with E-state index in [1.807, 2.05) is 12.1 Å². The highest BCUT2D eigenvalue weighted by molar-refractivity contribution is 7.89. The first-order chi connectivity index (χ1) is 14.2. The molecule has 2 atom stereocenters. The molecule has 2 bridgehead atoms. The van der Waals surface area contributed by atoms with Crippen molar-refractivity contribution < 1.29 is 26.4 Å². The molecule has 5 rings (SSSR count). The fourth-order valence-corrected chi connectivity index (χ4v) is 6.51. The number of alkyl halides is 3. The molecule has 0 radical (unpaired) electrons. The number of hydrogen-bond donors (Lipinski definition) is 0. The number of ketones is 1. The number of sulfonamides is 1. The van der Waals surface area contributed by atoms with Crippen molar-refractivity contribution in [3.05, 3.63) is 58.9 Å². The van der Waals surface area contributed by atoms with Gasteiger partial charge in [0.1, 0.15) is 16.4 Å². The molecule has 3 heterocycles. The van der Waals surface area contributed by atoms with E-state index in [-0.39, 0.29) is 23.5 Å². The lowest BCUT2D eigenvalue weighted by Gasteiger charge is -2.45. The van der Waals surface area contributed by atoms with E-state index < -0.39 is 34.0 Å². The van der Waals surface area contributed by atoms with E-state index in [1.165, 1.54) is 9.87 Å². The van der Waals surface area contributed by atoms with E-state index in [4.69, 9.17) is 0 Å². The summed E-state index contributed by atoms with van der Waals surface area (Å²) in [6.07, 6.45) is -1.03. The summed E-state index contributed by atoms with van der Waals surface area (Å²) in [5, 5.41) is 0. The Kier molecular flexibility index (Phi) is 4.34. The Morgan fingerprint density at radius 3 is 2.37 bits per heavy atom. The minimum atomic E-state index is -4.64. The zero-order valence-electron chi connectivity index (χ0n) is 15.9. The fourth-order valence-electron chi connectivity index (χ4n) is 4.78. The SMILES string of the molecule is O=C1CC2Cc3c(C4CC4)cccc3C(C1)N2S(=O)(=O)c1ccc(C(F)(F)F)nc1. The van der Waals surface area contributed by atoms with Crippen LogP contribution >= 0.6 is 0 Å². The average Bonchev–Trinajstić information content (AvgIpc) is 3.51. The first kappa shape index (κ1) is 19.7. The number of carbonyl (C=O) groups is 1. The molecule has 2 unspecified atom stereocenters. The third-order valence-electron chi connectivity index (χ3n) is 6.22. The number of pyridine rings is 1. The Labute approximate surface area is 172 Å². The molecule has 158 valence electrons. The summed E-state index contributed by atoms with van der Waals surface area (Å²) in [4.78, 5) is 15.3. The van der Waals surface area contributed by atoms with Crippen LogP contribution in [0.4, 0.5) is 13.2 Å². The number of benzene rings is 1. The molecule has 1 saturated carbocycles. The lowest BCUT2D eigenvalue weighted by molar-refractivity contribution is -0.141. The van der Waals surface area contributed by atoms with Crippen LogP contribution in [-0.4, -0.2) is 29.5 Å². The number of piperidine rings is 1. The predicted molar refractivity (Wildman–Crippen MR) is 101 cm³/mol.